The molecule has 5 rings (SSSR count). The largest absolute Gasteiger partial charge is 0.405 e. The zero-order valence-corrected chi connectivity index (χ0v) is 33.1. The zero-order chi connectivity index (χ0) is 36.6. The van der Waals surface area contributed by atoms with Gasteiger partial charge in [0.25, 0.3) is 16.6 Å². The molecule has 5 aromatic rings. The lowest BCUT2D eigenvalue weighted by Gasteiger charge is -2.46. The monoisotopic (exact) mass is 714 g/mol. The molecule has 0 bridgehead atoms. The normalized spacial score (nSPS) is 14.4. The third-order valence-corrected chi connectivity index (χ3v) is 20.0. The molecule has 0 aromatic heterocycles. The van der Waals surface area contributed by atoms with E-state index in [1.165, 1.54) is 0 Å². The molecular weight excluding hydrogens is 661 g/mol. The van der Waals surface area contributed by atoms with E-state index in [1.807, 2.05) is 54.6 Å². The van der Waals surface area contributed by atoms with Crippen LogP contribution in [0.5, 0.6) is 0 Å². The van der Waals surface area contributed by atoms with Crippen LogP contribution in [-0.2, 0) is 20.2 Å². The number of ether oxygens (including phenoxy) is 1. The maximum atomic E-state index is 12.8. The molecule has 266 valence electrons. The van der Waals surface area contributed by atoms with Crippen molar-refractivity contribution in [1.82, 2.24) is 0 Å². The number of hydrogen-bond donors (Lipinski definition) is 1. The third-order valence-electron chi connectivity index (χ3n) is 10.0. The molecule has 0 aliphatic carbocycles. The van der Waals surface area contributed by atoms with Crippen LogP contribution in [0.15, 0.2) is 164 Å². The van der Waals surface area contributed by atoms with Gasteiger partial charge < -0.3 is 18.7 Å². The summed E-state index contributed by atoms with van der Waals surface area (Å²) in [5, 5.41) is 16.9. The first-order valence-corrected chi connectivity index (χ1v) is 21.7. The lowest BCUT2D eigenvalue weighted by atomic mass is 9.98. The van der Waals surface area contributed by atoms with Crippen LogP contribution in [0.3, 0.4) is 0 Å². The van der Waals surface area contributed by atoms with Crippen LogP contribution in [0.25, 0.3) is 0 Å². The third kappa shape index (κ3) is 8.12. The molecule has 0 aliphatic rings. The van der Waals surface area contributed by atoms with Crippen molar-refractivity contribution in [2.45, 2.75) is 69.9 Å². The summed E-state index contributed by atoms with van der Waals surface area (Å²) in [6, 6.07) is 52.1. The van der Waals surface area contributed by atoms with Crippen molar-refractivity contribution in [1.29, 1.82) is 0 Å². The van der Waals surface area contributed by atoms with Gasteiger partial charge in [-0.05, 0) is 36.4 Å². The summed E-state index contributed by atoms with van der Waals surface area (Å²) in [6.07, 6.45) is 0.796. The van der Waals surface area contributed by atoms with Gasteiger partial charge in [-0.1, -0.05) is 199 Å². The number of aliphatic hydroxyl groups is 1. The van der Waals surface area contributed by atoms with Crippen LogP contribution in [0.1, 0.15) is 47.1 Å². The average Bonchev–Trinajstić information content (AvgIpc) is 3.14. The average molecular weight is 715 g/mol. The number of rotatable bonds is 15. The lowest BCUT2D eigenvalue weighted by molar-refractivity contribution is -0.121. The van der Waals surface area contributed by atoms with Gasteiger partial charge in [0, 0.05) is 0 Å². The zero-order valence-electron chi connectivity index (χ0n) is 31.1. The Bertz CT molecular complexity index is 1710. The Morgan fingerprint density at radius 1 is 0.549 bits per heavy atom. The van der Waals surface area contributed by atoms with Gasteiger partial charge in [-0.3, -0.25) is 0 Å². The smallest absolute Gasteiger partial charge is 0.261 e. The summed E-state index contributed by atoms with van der Waals surface area (Å²) in [5.41, 5.74) is -0.583. The fourth-order valence-electron chi connectivity index (χ4n) is 7.34. The first kappa shape index (κ1) is 38.3. The predicted octanol–water partition coefficient (Wildman–Crippen LogP) is 7.64. The topological polar surface area (TPSA) is 47.9 Å². The van der Waals surface area contributed by atoms with Crippen molar-refractivity contribution >= 4 is 37.4 Å². The molecule has 2 atom stereocenters. The Kier molecular flexibility index (Phi) is 12.2. The highest BCUT2D eigenvalue weighted by Crippen LogP contribution is 2.39. The fraction of sp³-hybridized carbons (Fsp3) is 0.289. The van der Waals surface area contributed by atoms with E-state index in [0.717, 1.165) is 26.3 Å². The van der Waals surface area contributed by atoms with E-state index in [-0.39, 0.29) is 23.3 Å². The minimum Gasteiger partial charge on any atom is -0.405 e. The van der Waals surface area contributed by atoms with E-state index in [1.54, 1.807) is 6.08 Å². The predicted molar refractivity (Wildman–Crippen MR) is 217 cm³/mol. The van der Waals surface area contributed by atoms with E-state index in [2.05, 4.69) is 145 Å². The van der Waals surface area contributed by atoms with Gasteiger partial charge in [0.05, 0.1) is 19.8 Å². The highest BCUT2D eigenvalue weighted by Gasteiger charge is 2.54. The molecule has 0 spiro atoms. The van der Waals surface area contributed by atoms with Gasteiger partial charge in [0.2, 0.25) is 0 Å². The summed E-state index contributed by atoms with van der Waals surface area (Å²) in [5.74, 6) is 0. The molecule has 0 heterocycles. The Morgan fingerprint density at radius 3 is 1.22 bits per heavy atom. The molecule has 0 amide bonds. The van der Waals surface area contributed by atoms with Crippen LogP contribution in [-0.4, -0.2) is 46.7 Å². The second kappa shape index (κ2) is 16.2. The van der Waals surface area contributed by atoms with Crippen LogP contribution in [0, 0.1) is 0 Å². The van der Waals surface area contributed by atoms with Gasteiger partial charge in [0.1, 0.15) is 11.7 Å². The van der Waals surface area contributed by atoms with Crippen molar-refractivity contribution in [3.63, 3.8) is 0 Å². The highest BCUT2D eigenvalue weighted by atomic mass is 28.4. The maximum absolute atomic E-state index is 12.8. The Balaban J connectivity index is 1.59. The molecule has 0 unspecified atom stereocenters. The van der Waals surface area contributed by atoms with Crippen LogP contribution < -0.4 is 20.7 Å². The van der Waals surface area contributed by atoms with E-state index in [9.17, 15) is 5.11 Å². The molecule has 6 heteroatoms. The molecule has 0 saturated carbocycles. The van der Waals surface area contributed by atoms with E-state index in [0.29, 0.717) is 6.61 Å². The SMILES string of the molecule is C=C[C@@](O)(CO[Si](c1ccccc1)(c1ccccc1)C(C)(C)C)[C@H](CO[Si](c1ccccc1)(c1ccccc1)C(C)(C)C)OCc1ccccc1. The van der Waals surface area contributed by atoms with Crippen molar-refractivity contribution in [2.75, 3.05) is 13.2 Å². The highest BCUT2D eigenvalue weighted by molar-refractivity contribution is 7.00. The second-order valence-corrected chi connectivity index (χ2v) is 24.0. The molecule has 1 N–H and O–H groups in total. The number of benzene rings is 5. The summed E-state index contributed by atoms with van der Waals surface area (Å²) >= 11 is 0. The van der Waals surface area contributed by atoms with Crippen molar-refractivity contribution in [3.8, 4) is 0 Å². The van der Waals surface area contributed by atoms with Crippen molar-refractivity contribution in [3.05, 3.63) is 170 Å². The second-order valence-electron chi connectivity index (χ2n) is 15.4. The summed E-state index contributed by atoms with van der Waals surface area (Å²) in [7, 11) is -5.96. The Labute approximate surface area is 308 Å². The molecule has 0 fully saturated rings. The van der Waals surface area contributed by atoms with Crippen LogP contribution in [0.4, 0.5) is 0 Å². The van der Waals surface area contributed by atoms with Gasteiger partial charge in [0.15, 0.2) is 0 Å². The molecule has 0 aliphatic heterocycles. The fourth-order valence-corrected chi connectivity index (χ4v) is 16.5. The molecule has 0 radical (unpaired) electrons. The quantitative estimate of drug-likeness (QED) is 0.0895. The Hall–Kier alpha value is -3.89. The van der Waals surface area contributed by atoms with Gasteiger partial charge in [-0.2, -0.15) is 0 Å². The van der Waals surface area contributed by atoms with Gasteiger partial charge in [-0.25, -0.2) is 0 Å². The first-order valence-electron chi connectivity index (χ1n) is 17.9. The standard InChI is InChI=1S/C45H54O4Si2/c1-8-45(46,36-49-51(44(5,6)7,40-30-20-12-21-31-40)41-32-22-13-23-33-41)42(47-34-37-24-14-9-15-25-37)35-48-50(43(2,3)4,38-26-16-10-17-27-38)39-28-18-11-19-29-39/h8-33,42,46H,1,34-36H2,2-7H3/t42-,45+/m0/s1. The van der Waals surface area contributed by atoms with E-state index >= 15 is 0 Å². The van der Waals surface area contributed by atoms with Crippen LogP contribution in [0.2, 0.25) is 10.1 Å². The Morgan fingerprint density at radius 2 is 0.882 bits per heavy atom. The van der Waals surface area contributed by atoms with E-state index in [4.69, 9.17) is 13.6 Å². The minimum atomic E-state index is -3.00. The molecule has 0 saturated heterocycles. The summed E-state index contributed by atoms with van der Waals surface area (Å²) in [6.45, 7) is 18.1. The molecule has 4 nitrogen and oxygen atoms in total. The summed E-state index contributed by atoms with van der Waals surface area (Å²) in [4.78, 5) is 0. The minimum absolute atomic E-state index is 0.0205. The van der Waals surface area contributed by atoms with E-state index < -0.39 is 28.3 Å². The van der Waals surface area contributed by atoms with Gasteiger partial charge in [-0.15, -0.1) is 6.58 Å². The van der Waals surface area contributed by atoms with Crippen molar-refractivity contribution < 1.29 is 18.7 Å². The maximum Gasteiger partial charge on any atom is 0.261 e. The van der Waals surface area contributed by atoms with Crippen molar-refractivity contribution in [2.24, 2.45) is 0 Å². The lowest BCUT2D eigenvalue weighted by Crippen LogP contribution is -2.69. The first-order chi connectivity index (χ1) is 24.4. The van der Waals surface area contributed by atoms with Crippen LogP contribution >= 0.6 is 0 Å². The number of hydrogen-bond acceptors (Lipinski definition) is 4. The molecular formula is C45H54O4Si2. The summed E-state index contributed by atoms with van der Waals surface area (Å²) < 4.78 is 21.5. The molecule has 5 aromatic carbocycles. The molecule has 51 heavy (non-hydrogen) atoms. The van der Waals surface area contributed by atoms with Gasteiger partial charge >= 0.3 is 0 Å².